The van der Waals surface area contributed by atoms with Gasteiger partial charge in [-0.3, -0.25) is 9.69 Å². The molecule has 92 valence electrons. The van der Waals surface area contributed by atoms with Crippen LogP contribution in [-0.4, -0.2) is 48.6 Å². The molecule has 0 aromatic carbocycles. The van der Waals surface area contributed by atoms with Crippen molar-refractivity contribution >= 4 is 5.91 Å². The lowest BCUT2D eigenvalue weighted by Gasteiger charge is -2.29. The van der Waals surface area contributed by atoms with Crippen molar-refractivity contribution in [1.29, 1.82) is 0 Å². The summed E-state index contributed by atoms with van der Waals surface area (Å²) in [5.41, 5.74) is 0. The van der Waals surface area contributed by atoms with Gasteiger partial charge in [0.15, 0.2) is 0 Å². The maximum Gasteiger partial charge on any atom is 0.237 e. The SMILES string of the molecule is CCNC(=O)C(C)N1CCC2CCC(C1)N2. The second-order valence-electron chi connectivity index (χ2n) is 4.99. The molecule has 2 aliphatic heterocycles. The zero-order valence-corrected chi connectivity index (χ0v) is 10.3. The van der Waals surface area contributed by atoms with Gasteiger partial charge < -0.3 is 10.6 Å². The number of nitrogens with one attached hydrogen (secondary N) is 2. The van der Waals surface area contributed by atoms with Crippen molar-refractivity contribution in [3.63, 3.8) is 0 Å². The number of likely N-dealkylation sites (N-methyl/N-ethyl adjacent to an activating group) is 1. The maximum absolute atomic E-state index is 11.8. The molecule has 3 atom stereocenters. The lowest BCUT2D eigenvalue weighted by molar-refractivity contribution is -0.125. The molecule has 16 heavy (non-hydrogen) atoms. The smallest absolute Gasteiger partial charge is 0.237 e. The van der Waals surface area contributed by atoms with Gasteiger partial charge in [-0.25, -0.2) is 0 Å². The maximum atomic E-state index is 11.8. The van der Waals surface area contributed by atoms with Crippen LogP contribution in [0.25, 0.3) is 0 Å². The minimum Gasteiger partial charge on any atom is -0.355 e. The number of nitrogens with zero attached hydrogens (tertiary/aromatic N) is 1. The number of hydrogen-bond donors (Lipinski definition) is 2. The number of amides is 1. The van der Waals surface area contributed by atoms with Gasteiger partial charge in [-0.05, 0) is 33.1 Å². The standard InChI is InChI=1S/C12H23N3O/c1-3-13-12(16)9(2)15-7-6-10-4-5-11(8-15)14-10/h9-11,14H,3-8H2,1-2H3,(H,13,16). The number of fused-ring (bicyclic) bond motifs is 2. The van der Waals surface area contributed by atoms with Crippen LogP contribution >= 0.6 is 0 Å². The molecular weight excluding hydrogens is 202 g/mol. The van der Waals surface area contributed by atoms with Gasteiger partial charge in [-0.1, -0.05) is 0 Å². The van der Waals surface area contributed by atoms with Crippen molar-refractivity contribution < 1.29 is 4.79 Å². The molecule has 1 amide bonds. The van der Waals surface area contributed by atoms with E-state index in [2.05, 4.69) is 15.5 Å². The Morgan fingerprint density at radius 1 is 1.44 bits per heavy atom. The minimum atomic E-state index is 0.0149. The van der Waals surface area contributed by atoms with E-state index in [1.807, 2.05) is 13.8 Å². The number of carbonyl (C=O) groups is 1. The molecule has 2 bridgehead atoms. The first kappa shape index (κ1) is 11.9. The highest BCUT2D eigenvalue weighted by Crippen LogP contribution is 2.21. The van der Waals surface area contributed by atoms with Crippen LogP contribution in [-0.2, 0) is 4.79 Å². The summed E-state index contributed by atoms with van der Waals surface area (Å²) in [5, 5.41) is 6.54. The topological polar surface area (TPSA) is 44.4 Å². The molecule has 0 radical (unpaired) electrons. The Morgan fingerprint density at radius 2 is 2.19 bits per heavy atom. The van der Waals surface area contributed by atoms with Crippen LogP contribution < -0.4 is 10.6 Å². The fourth-order valence-electron chi connectivity index (χ4n) is 2.81. The van der Waals surface area contributed by atoms with Gasteiger partial charge in [0.2, 0.25) is 5.91 Å². The zero-order chi connectivity index (χ0) is 11.5. The summed E-state index contributed by atoms with van der Waals surface area (Å²) < 4.78 is 0. The van der Waals surface area contributed by atoms with Crippen LogP contribution in [0.3, 0.4) is 0 Å². The first-order chi connectivity index (χ1) is 7.70. The third-order valence-corrected chi connectivity index (χ3v) is 3.83. The van der Waals surface area contributed by atoms with E-state index >= 15 is 0 Å². The molecule has 0 aromatic heterocycles. The monoisotopic (exact) mass is 225 g/mol. The van der Waals surface area contributed by atoms with Crippen molar-refractivity contribution in [1.82, 2.24) is 15.5 Å². The molecule has 2 heterocycles. The second kappa shape index (κ2) is 5.15. The molecule has 2 saturated heterocycles. The molecule has 4 heteroatoms. The minimum absolute atomic E-state index is 0.0149. The molecule has 2 N–H and O–H groups in total. The van der Waals surface area contributed by atoms with Gasteiger partial charge in [-0.15, -0.1) is 0 Å². The van der Waals surface area contributed by atoms with E-state index < -0.39 is 0 Å². The Kier molecular flexibility index (Phi) is 3.82. The van der Waals surface area contributed by atoms with Crippen LogP contribution in [0, 0.1) is 0 Å². The zero-order valence-electron chi connectivity index (χ0n) is 10.3. The summed E-state index contributed by atoms with van der Waals surface area (Å²) in [5.74, 6) is 0.167. The molecule has 3 unspecified atom stereocenters. The lowest BCUT2D eigenvalue weighted by atomic mass is 10.1. The lowest BCUT2D eigenvalue weighted by Crippen LogP contribution is -2.48. The van der Waals surface area contributed by atoms with Crippen LogP contribution in [0.4, 0.5) is 0 Å². The first-order valence-electron chi connectivity index (χ1n) is 6.48. The van der Waals surface area contributed by atoms with E-state index in [1.54, 1.807) is 0 Å². The van der Waals surface area contributed by atoms with Gasteiger partial charge in [-0.2, -0.15) is 0 Å². The van der Waals surface area contributed by atoms with Gasteiger partial charge in [0.25, 0.3) is 0 Å². The molecule has 2 rings (SSSR count). The van der Waals surface area contributed by atoms with Crippen molar-refractivity contribution in [2.75, 3.05) is 19.6 Å². The van der Waals surface area contributed by atoms with Gasteiger partial charge >= 0.3 is 0 Å². The van der Waals surface area contributed by atoms with Gasteiger partial charge in [0, 0.05) is 31.7 Å². The Hall–Kier alpha value is -0.610. The Morgan fingerprint density at radius 3 is 2.94 bits per heavy atom. The van der Waals surface area contributed by atoms with Crippen LogP contribution in [0.5, 0.6) is 0 Å². The van der Waals surface area contributed by atoms with Crippen LogP contribution in [0.1, 0.15) is 33.1 Å². The van der Waals surface area contributed by atoms with Crippen molar-refractivity contribution in [3.8, 4) is 0 Å². The van der Waals surface area contributed by atoms with Crippen LogP contribution in [0.2, 0.25) is 0 Å². The summed E-state index contributed by atoms with van der Waals surface area (Å²) in [6.07, 6.45) is 3.76. The third kappa shape index (κ3) is 2.55. The number of likely N-dealkylation sites (tertiary alicyclic amines) is 1. The Bertz CT molecular complexity index is 257. The van der Waals surface area contributed by atoms with E-state index in [-0.39, 0.29) is 11.9 Å². The van der Waals surface area contributed by atoms with Crippen LogP contribution in [0.15, 0.2) is 0 Å². The van der Waals surface area contributed by atoms with Crippen molar-refractivity contribution in [3.05, 3.63) is 0 Å². The van der Waals surface area contributed by atoms with E-state index in [0.717, 1.165) is 19.6 Å². The average Bonchev–Trinajstić information content (AvgIpc) is 2.58. The van der Waals surface area contributed by atoms with Crippen molar-refractivity contribution in [2.24, 2.45) is 0 Å². The van der Waals surface area contributed by atoms with E-state index in [1.165, 1.54) is 19.3 Å². The van der Waals surface area contributed by atoms with E-state index in [0.29, 0.717) is 12.1 Å². The Balaban J connectivity index is 1.91. The average molecular weight is 225 g/mol. The largest absolute Gasteiger partial charge is 0.355 e. The second-order valence-corrected chi connectivity index (χ2v) is 4.99. The molecule has 0 aromatic rings. The van der Waals surface area contributed by atoms with E-state index in [4.69, 9.17) is 0 Å². The third-order valence-electron chi connectivity index (χ3n) is 3.83. The normalized spacial score (nSPS) is 32.1. The summed E-state index contributed by atoms with van der Waals surface area (Å²) in [6, 6.07) is 1.31. The molecular formula is C12H23N3O. The fraction of sp³-hybridized carbons (Fsp3) is 0.917. The highest BCUT2D eigenvalue weighted by atomic mass is 16.2. The fourth-order valence-corrected chi connectivity index (χ4v) is 2.81. The number of hydrogen-bond acceptors (Lipinski definition) is 3. The predicted octanol–water partition coefficient (Wildman–Crippen LogP) is 0.337. The summed E-state index contributed by atoms with van der Waals surface area (Å²) in [4.78, 5) is 14.1. The molecule has 2 fully saturated rings. The molecule has 0 saturated carbocycles. The highest BCUT2D eigenvalue weighted by molar-refractivity contribution is 5.81. The predicted molar refractivity (Wildman–Crippen MR) is 64.3 cm³/mol. The molecule has 2 aliphatic rings. The molecule has 0 aliphatic carbocycles. The van der Waals surface area contributed by atoms with Gasteiger partial charge in [0.1, 0.15) is 0 Å². The number of carbonyl (C=O) groups excluding carboxylic acids is 1. The van der Waals surface area contributed by atoms with E-state index in [9.17, 15) is 4.79 Å². The molecule has 4 nitrogen and oxygen atoms in total. The molecule has 0 spiro atoms. The highest BCUT2D eigenvalue weighted by Gasteiger charge is 2.32. The summed E-state index contributed by atoms with van der Waals surface area (Å²) in [6.45, 7) is 6.78. The van der Waals surface area contributed by atoms with Gasteiger partial charge in [0.05, 0.1) is 6.04 Å². The first-order valence-corrected chi connectivity index (χ1v) is 6.48. The summed E-state index contributed by atoms with van der Waals surface area (Å²) >= 11 is 0. The Labute approximate surface area is 97.8 Å². The summed E-state index contributed by atoms with van der Waals surface area (Å²) in [7, 11) is 0. The number of rotatable bonds is 3. The van der Waals surface area contributed by atoms with Crippen molar-refractivity contribution in [2.45, 2.75) is 51.2 Å². The quantitative estimate of drug-likeness (QED) is 0.728.